The first-order valence-corrected chi connectivity index (χ1v) is 13.0. The first-order valence-electron chi connectivity index (χ1n) is 11.5. The maximum Gasteiger partial charge on any atom is 0.271 e. The Balaban J connectivity index is 1.36. The number of hydrazone groups is 1. The highest BCUT2D eigenvalue weighted by atomic mass is 79.9. The summed E-state index contributed by atoms with van der Waals surface area (Å²) in [6.07, 6.45) is 1.46. The number of carbonyl (C=O) groups is 1. The molecule has 0 radical (unpaired) electrons. The van der Waals surface area contributed by atoms with Crippen LogP contribution in [0, 0.1) is 0 Å². The Morgan fingerprint density at radius 2 is 1.55 bits per heavy atom. The number of ether oxygens (including phenoxy) is 3. The van der Waals surface area contributed by atoms with E-state index in [1.165, 1.54) is 6.21 Å². The van der Waals surface area contributed by atoms with Crippen LogP contribution in [0.25, 0.3) is 0 Å². The van der Waals surface area contributed by atoms with Crippen molar-refractivity contribution < 1.29 is 19.0 Å². The van der Waals surface area contributed by atoms with E-state index in [0.717, 1.165) is 15.6 Å². The minimum atomic E-state index is -0.335. The van der Waals surface area contributed by atoms with Gasteiger partial charge in [-0.15, -0.1) is 0 Å². The van der Waals surface area contributed by atoms with E-state index in [9.17, 15) is 4.79 Å². The topological polar surface area (TPSA) is 69.2 Å². The highest BCUT2D eigenvalue weighted by Gasteiger charge is 2.12. The summed E-state index contributed by atoms with van der Waals surface area (Å²) in [7, 11) is 1.59. The number of nitrogens with one attached hydrogen (secondary N) is 1. The molecule has 4 aromatic carbocycles. The highest BCUT2D eigenvalue weighted by Crippen LogP contribution is 2.35. The van der Waals surface area contributed by atoms with Crippen LogP contribution < -0.4 is 19.6 Å². The van der Waals surface area contributed by atoms with Crippen LogP contribution in [0.15, 0.2) is 94.5 Å². The Hall–Kier alpha value is -3.52. The SMILES string of the molecule is COc1cc(COc2c(Cl)cc(/C=N/NC(=O)c3ccc(Br)cc3)cc2Cl)ccc1OCc1ccccc1. The predicted molar refractivity (Wildman–Crippen MR) is 154 cm³/mol. The molecule has 194 valence electrons. The van der Waals surface area contributed by atoms with Crippen molar-refractivity contribution in [3.05, 3.63) is 122 Å². The molecule has 0 aliphatic heterocycles. The van der Waals surface area contributed by atoms with Crippen molar-refractivity contribution in [1.82, 2.24) is 5.43 Å². The minimum absolute atomic E-state index is 0.214. The summed E-state index contributed by atoms with van der Waals surface area (Å²) in [6, 6.07) is 25.7. The fraction of sp³-hybridized carbons (Fsp3) is 0.103. The zero-order valence-electron chi connectivity index (χ0n) is 20.3. The largest absolute Gasteiger partial charge is 0.493 e. The summed E-state index contributed by atoms with van der Waals surface area (Å²) < 4.78 is 18.2. The molecule has 0 aliphatic carbocycles. The maximum atomic E-state index is 12.2. The van der Waals surface area contributed by atoms with Gasteiger partial charge in [0.1, 0.15) is 13.2 Å². The van der Waals surface area contributed by atoms with Crippen LogP contribution in [0.5, 0.6) is 17.2 Å². The third-order valence-electron chi connectivity index (χ3n) is 5.36. The number of hydrogen-bond donors (Lipinski definition) is 1. The summed E-state index contributed by atoms with van der Waals surface area (Å²) >= 11 is 16.2. The molecule has 0 aliphatic rings. The standard InChI is InChI=1S/C29H23BrCl2N2O4/c1-36-27-15-20(7-12-26(27)37-17-19-5-3-2-4-6-19)18-38-28-24(31)13-21(14-25(28)32)16-33-34-29(35)22-8-10-23(30)11-9-22/h2-16H,17-18H2,1H3,(H,34,35)/b33-16+. The molecule has 6 nitrogen and oxygen atoms in total. The molecule has 0 spiro atoms. The lowest BCUT2D eigenvalue weighted by molar-refractivity contribution is 0.0955. The molecule has 0 saturated heterocycles. The van der Waals surface area contributed by atoms with Crippen LogP contribution in [0.3, 0.4) is 0 Å². The van der Waals surface area contributed by atoms with Crippen LogP contribution in [0.1, 0.15) is 27.0 Å². The molecular weight excluding hydrogens is 591 g/mol. The Morgan fingerprint density at radius 1 is 0.868 bits per heavy atom. The zero-order valence-corrected chi connectivity index (χ0v) is 23.4. The third kappa shape index (κ3) is 7.51. The van der Waals surface area contributed by atoms with Gasteiger partial charge in [-0.1, -0.05) is 75.5 Å². The van der Waals surface area contributed by atoms with E-state index < -0.39 is 0 Å². The monoisotopic (exact) mass is 612 g/mol. The number of hydrogen-bond acceptors (Lipinski definition) is 5. The summed E-state index contributed by atoms with van der Waals surface area (Å²) in [6.45, 7) is 0.646. The Morgan fingerprint density at radius 3 is 2.24 bits per heavy atom. The molecule has 0 unspecified atom stereocenters. The van der Waals surface area contributed by atoms with Crippen molar-refractivity contribution in [3.63, 3.8) is 0 Å². The smallest absolute Gasteiger partial charge is 0.271 e. The summed E-state index contributed by atoms with van der Waals surface area (Å²) in [5.74, 6) is 1.23. The van der Waals surface area contributed by atoms with Gasteiger partial charge >= 0.3 is 0 Å². The van der Waals surface area contributed by atoms with Crippen molar-refractivity contribution in [2.75, 3.05) is 7.11 Å². The highest BCUT2D eigenvalue weighted by molar-refractivity contribution is 9.10. The number of methoxy groups -OCH3 is 1. The van der Waals surface area contributed by atoms with E-state index in [2.05, 4.69) is 26.5 Å². The number of nitrogens with zero attached hydrogens (tertiary/aromatic N) is 1. The number of amides is 1. The number of halogens is 3. The van der Waals surface area contributed by atoms with E-state index in [0.29, 0.717) is 45.0 Å². The summed E-state index contributed by atoms with van der Waals surface area (Å²) in [5.41, 5.74) is 5.47. The Bertz CT molecular complexity index is 1410. The molecule has 0 atom stereocenters. The second kappa shape index (κ2) is 13.3. The van der Waals surface area contributed by atoms with Gasteiger partial charge < -0.3 is 14.2 Å². The fourth-order valence-electron chi connectivity index (χ4n) is 3.44. The zero-order chi connectivity index (χ0) is 26.9. The second-order valence-corrected chi connectivity index (χ2v) is 9.80. The van der Waals surface area contributed by atoms with E-state index in [1.54, 1.807) is 43.5 Å². The van der Waals surface area contributed by atoms with Gasteiger partial charge in [0, 0.05) is 10.0 Å². The van der Waals surface area contributed by atoms with Crippen LogP contribution in [0.2, 0.25) is 10.0 Å². The Labute approximate surface area is 239 Å². The molecule has 1 amide bonds. The number of carbonyl (C=O) groups excluding carboxylic acids is 1. The molecule has 0 saturated carbocycles. The van der Waals surface area contributed by atoms with Gasteiger partial charge in [0.2, 0.25) is 0 Å². The van der Waals surface area contributed by atoms with E-state index in [4.69, 9.17) is 37.4 Å². The van der Waals surface area contributed by atoms with Gasteiger partial charge in [-0.05, 0) is 65.2 Å². The van der Waals surface area contributed by atoms with Crippen LogP contribution in [-0.2, 0) is 13.2 Å². The number of benzene rings is 4. The van der Waals surface area contributed by atoms with Crippen LogP contribution in [0.4, 0.5) is 0 Å². The molecule has 0 heterocycles. The van der Waals surface area contributed by atoms with Crippen molar-refractivity contribution in [1.29, 1.82) is 0 Å². The average molecular weight is 614 g/mol. The minimum Gasteiger partial charge on any atom is -0.493 e. The van der Waals surface area contributed by atoms with Gasteiger partial charge in [-0.25, -0.2) is 5.43 Å². The van der Waals surface area contributed by atoms with Gasteiger partial charge in [-0.3, -0.25) is 4.79 Å². The molecule has 4 aromatic rings. The van der Waals surface area contributed by atoms with Crippen molar-refractivity contribution in [2.24, 2.45) is 5.10 Å². The molecule has 38 heavy (non-hydrogen) atoms. The summed E-state index contributed by atoms with van der Waals surface area (Å²) in [5, 5.41) is 4.61. The van der Waals surface area contributed by atoms with Crippen molar-refractivity contribution in [3.8, 4) is 17.2 Å². The molecule has 9 heteroatoms. The van der Waals surface area contributed by atoms with Crippen LogP contribution in [-0.4, -0.2) is 19.2 Å². The third-order valence-corrected chi connectivity index (χ3v) is 6.45. The Kier molecular flexibility index (Phi) is 9.65. The van der Waals surface area contributed by atoms with Crippen molar-refractivity contribution >= 4 is 51.3 Å². The van der Waals surface area contributed by atoms with Crippen LogP contribution >= 0.6 is 39.1 Å². The van der Waals surface area contributed by atoms with Gasteiger partial charge in [0.05, 0.1) is 23.4 Å². The predicted octanol–water partition coefficient (Wildman–Crippen LogP) is 7.69. The maximum absolute atomic E-state index is 12.2. The summed E-state index contributed by atoms with van der Waals surface area (Å²) in [4.78, 5) is 12.2. The van der Waals surface area contributed by atoms with Crippen molar-refractivity contribution in [2.45, 2.75) is 13.2 Å². The van der Waals surface area contributed by atoms with Gasteiger partial charge in [-0.2, -0.15) is 5.10 Å². The molecule has 0 aromatic heterocycles. The first kappa shape index (κ1) is 27.5. The number of rotatable bonds is 10. The lowest BCUT2D eigenvalue weighted by Gasteiger charge is -2.14. The lowest BCUT2D eigenvalue weighted by Crippen LogP contribution is -2.17. The van der Waals surface area contributed by atoms with Gasteiger partial charge in [0.15, 0.2) is 17.2 Å². The molecule has 0 fully saturated rings. The molecule has 0 bridgehead atoms. The second-order valence-electron chi connectivity index (χ2n) is 8.07. The van der Waals surface area contributed by atoms with E-state index >= 15 is 0 Å². The van der Waals surface area contributed by atoms with E-state index in [-0.39, 0.29) is 12.5 Å². The molecule has 4 rings (SSSR count). The average Bonchev–Trinajstić information content (AvgIpc) is 2.92. The van der Waals surface area contributed by atoms with E-state index in [1.807, 2.05) is 48.5 Å². The first-order chi connectivity index (χ1) is 18.4. The lowest BCUT2D eigenvalue weighted by atomic mass is 10.2. The fourth-order valence-corrected chi connectivity index (χ4v) is 4.31. The molecular formula is C29H23BrCl2N2O4. The quantitative estimate of drug-likeness (QED) is 0.147. The molecule has 1 N–H and O–H groups in total. The normalized spacial score (nSPS) is 10.8. The van der Waals surface area contributed by atoms with Gasteiger partial charge in [0.25, 0.3) is 5.91 Å².